The Hall–Kier alpha value is -2.32. The molecule has 1 aliphatic heterocycles. The summed E-state index contributed by atoms with van der Waals surface area (Å²) in [6, 6.07) is 10.4. The van der Waals surface area contributed by atoms with Crippen molar-refractivity contribution in [2.45, 2.75) is 25.4 Å². The molecular formula is C17H23N7O. The smallest absolute Gasteiger partial charge is 0.234 e. The molecule has 1 saturated carbocycles. The molecule has 2 fully saturated rings. The molecule has 2 aromatic rings. The van der Waals surface area contributed by atoms with Crippen LogP contribution in [0.4, 0.5) is 0 Å². The van der Waals surface area contributed by atoms with Gasteiger partial charge in [-0.2, -0.15) is 4.68 Å². The zero-order valence-electron chi connectivity index (χ0n) is 14.2. The Balaban J connectivity index is 1.29. The summed E-state index contributed by atoms with van der Waals surface area (Å²) in [6.07, 6.45) is 2.27. The van der Waals surface area contributed by atoms with E-state index >= 15 is 0 Å². The van der Waals surface area contributed by atoms with Crippen LogP contribution in [-0.4, -0.2) is 74.7 Å². The van der Waals surface area contributed by atoms with Crippen LogP contribution in [0.2, 0.25) is 0 Å². The summed E-state index contributed by atoms with van der Waals surface area (Å²) in [5.74, 6) is 0.995. The third-order valence-corrected chi connectivity index (χ3v) is 4.67. The Morgan fingerprint density at radius 2 is 1.80 bits per heavy atom. The van der Waals surface area contributed by atoms with Crippen LogP contribution in [0.3, 0.4) is 0 Å². The van der Waals surface area contributed by atoms with E-state index in [0.717, 1.165) is 50.5 Å². The molecule has 132 valence electrons. The zero-order valence-corrected chi connectivity index (χ0v) is 14.2. The minimum absolute atomic E-state index is 0.156. The van der Waals surface area contributed by atoms with Crippen LogP contribution in [0.25, 0.3) is 5.69 Å². The van der Waals surface area contributed by atoms with Gasteiger partial charge in [-0.1, -0.05) is 18.2 Å². The molecule has 2 aliphatic rings. The lowest BCUT2D eigenvalue weighted by Gasteiger charge is -2.33. The molecule has 0 atom stereocenters. The molecule has 25 heavy (non-hydrogen) atoms. The average Bonchev–Trinajstić information content (AvgIpc) is 3.32. The number of aromatic nitrogens is 4. The largest absolute Gasteiger partial charge is 0.352 e. The minimum Gasteiger partial charge on any atom is -0.352 e. The Bertz CT molecular complexity index is 705. The maximum absolute atomic E-state index is 11.9. The van der Waals surface area contributed by atoms with Crippen LogP contribution < -0.4 is 5.32 Å². The van der Waals surface area contributed by atoms with Crippen molar-refractivity contribution in [3.8, 4) is 5.69 Å². The molecule has 0 unspecified atom stereocenters. The molecule has 8 heteroatoms. The fourth-order valence-corrected chi connectivity index (χ4v) is 3.08. The van der Waals surface area contributed by atoms with E-state index in [1.165, 1.54) is 0 Å². The maximum Gasteiger partial charge on any atom is 0.234 e. The number of para-hydroxylation sites is 1. The van der Waals surface area contributed by atoms with Gasteiger partial charge in [-0.05, 0) is 35.4 Å². The van der Waals surface area contributed by atoms with Crippen LogP contribution >= 0.6 is 0 Å². The zero-order chi connectivity index (χ0) is 17.1. The second-order valence-electron chi connectivity index (χ2n) is 6.74. The lowest BCUT2D eigenvalue weighted by atomic mass is 10.3. The number of nitrogens with one attached hydrogen (secondary N) is 1. The predicted octanol–water partition coefficient (Wildman–Crippen LogP) is 0.0585. The molecule has 1 saturated heterocycles. The molecule has 0 bridgehead atoms. The van der Waals surface area contributed by atoms with Crippen molar-refractivity contribution in [2.75, 3.05) is 32.7 Å². The van der Waals surface area contributed by atoms with Crippen molar-refractivity contribution in [1.29, 1.82) is 0 Å². The Morgan fingerprint density at radius 3 is 2.52 bits per heavy atom. The van der Waals surface area contributed by atoms with Gasteiger partial charge in [-0.25, -0.2) is 0 Å². The number of rotatable bonds is 6. The van der Waals surface area contributed by atoms with Gasteiger partial charge in [0, 0.05) is 32.2 Å². The molecule has 1 N–H and O–H groups in total. The first-order valence-corrected chi connectivity index (χ1v) is 8.85. The number of tetrazole rings is 1. The molecule has 8 nitrogen and oxygen atoms in total. The molecule has 4 rings (SSSR count). The molecule has 1 aromatic carbocycles. The van der Waals surface area contributed by atoms with E-state index in [9.17, 15) is 4.79 Å². The number of amides is 1. The lowest BCUT2D eigenvalue weighted by Crippen LogP contribution is -2.49. The highest BCUT2D eigenvalue weighted by Gasteiger charge is 2.25. The standard InChI is InChI=1S/C17H23N7O/c25-17(18-14-6-7-14)13-23-10-8-22(9-11-23)12-16-19-20-21-24(16)15-4-2-1-3-5-15/h1-5,14H,6-13H2,(H,18,25). The molecule has 1 amide bonds. The van der Waals surface area contributed by atoms with E-state index in [1.807, 2.05) is 30.3 Å². The van der Waals surface area contributed by atoms with Crippen LogP contribution in [0, 0.1) is 0 Å². The first-order valence-electron chi connectivity index (χ1n) is 8.85. The van der Waals surface area contributed by atoms with Crippen molar-refractivity contribution in [3.05, 3.63) is 36.2 Å². The highest BCUT2D eigenvalue weighted by Crippen LogP contribution is 2.18. The number of nitrogens with zero attached hydrogens (tertiary/aromatic N) is 6. The van der Waals surface area contributed by atoms with Crippen molar-refractivity contribution >= 4 is 5.91 Å². The predicted molar refractivity (Wildman–Crippen MR) is 92.0 cm³/mol. The van der Waals surface area contributed by atoms with Crippen LogP contribution in [0.5, 0.6) is 0 Å². The van der Waals surface area contributed by atoms with Gasteiger partial charge in [0.15, 0.2) is 5.82 Å². The second-order valence-corrected chi connectivity index (χ2v) is 6.74. The van der Waals surface area contributed by atoms with E-state index in [1.54, 1.807) is 4.68 Å². The van der Waals surface area contributed by atoms with Gasteiger partial charge in [0.2, 0.25) is 5.91 Å². The topological polar surface area (TPSA) is 79.2 Å². The molecule has 1 aliphatic carbocycles. The fourth-order valence-electron chi connectivity index (χ4n) is 3.08. The van der Waals surface area contributed by atoms with Gasteiger partial charge in [0.25, 0.3) is 0 Å². The highest BCUT2D eigenvalue weighted by molar-refractivity contribution is 5.78. The van der Waals surface area contributed by atoms with E-state index < -0.39 is 0 Å². The summed E-state index contributed by atoms with van der Waals surface area (Å²) in [5, 5.41) is 15.2. The van der Waals surface area contributed by atoms with Gasteiger partial charge >= 0.3 is 0 Å². The number of piperazine rings is 1. The fraction of sp³-hybridized carbons (Fsp3) is 0.529. The number of benzene rings is 1. The molecule has 2 heterocycles. The van der Waals surface area contributed by atoms with E-state index in [-0.39, 0.29) is 5.91 Å². The number of carbonyl (C=O) groups is 1. The Morgan fingerprint density at radius 1 is 1.08 bits per heavy atom. The monoisotopic (exact) mass is 341 g/mol. The third kappa shape index (κ3) is 4.21. The first kappa shape index (κ1) is 16.2. The van der Waals surface area contributed by atoms with E-state index in [4.69, 9.17) is 0 Å². The van der Waals surface area contributed by atoms with Gasteiger partial charge in [-0.15, -0.1) is 5.10 Å². The highest BCUT2D eigenvalue weighted by atomic mass is 16.2. The lowest BCUT2D eigenvalue weighted by molar-refractivity contribution is -0.122. The van der Waals surface area contributed by atoms with Crippen molar-refractivity contribution in [1.82, 2.24) is 35.3 Å². The van der Waals surface area contributed by atoms with E-state index in [2.05, 4.69) is 30.6 Å². The Labute approximate surface area is 146 Å². The van der Waals surface area contributed by atoms with Gasteiger partial charge < -0.3 is 5.32 Å². The summed E-state index contributed by atoms with van der Waals surface area (Å²) < 4.78 is 1.79. The number of hydrogen-bond donors (Lipinski definition) is 1. The van der Waals surface area contributed by atoms with Gasteiger partial charge in [0.1, 0.15) is 0 Å². The first-order chi connectivity index (χ1) is 12.3. The maximum atomic E-state index is 11.9. The number of hydrogen-bond acceptors (Lipinski definition) is 6. The van der Waals surface area contributed by atoms with Crippen molar-refractivity contribution < 1.29 is 4.79 Å². The van der Waals surface area contributed by atoms with Crippen LogP contribution in [0.15, 0.2) is 30.3 Å². The van der Waals surface area contributed by atoms with E-state index in [0.29, 0.717) is 19.1 Å². The molecule has 1 aromatic heterocycles. The quantitative estimate of drug-likeness (QED) is 0.800. The van der Waals surface area contributed by atoms with Crippen molar-refractivity contribution in [3.63, 3.8) is 0 Å². The molecule has 0 spiro atoms. The van der Waals surface area contributed by atoms with Gasteiger partial charge in [-0.3, -0.25) is 14.6 Å². The van der Waals surface area contributed by atoms with Crippen LogP contribution in [0.1, 0.15) is 18.7 Å². The number of carbonyl (C=O) groups excluding carboxylic acids is 1. The summed E-state index contributed by atoms with van der Waals surface area (Å²) in [6.45, 7) is 4.84. The molecule has 0 radical (unpaired) electrons. The van der Waals surface area contributed by atoms with Crippen molar-refractivity contribution in [2.24, 2.45) is 0 Å². The summed E-state index contributed by atoms with van der Waals surface area (Å²) in [5.41, 5.74) is 0.970. The SMILES string of the molecule is O=C(CN1CCN(Cc2nnnn2-c2ccccc2)CC1)NC1CC1. The summed E-state index contributed by atoms with van der Waals surface area (Å²) >= 11 is 0. The minimum atomic E-state index is 0.156. The third-order valence-electron chi connectivity index (χ3n) is 4.67. The van der Waals surface area contributed by atoms with Crippen LogP contribution in [-0.2, 0) is 11.3 Å². The summed E-state index contributed by atoms with van der Waals surface area (Å²) in [7, 11) is 0. The normalized spacial score (nSPS) is 19.0. The Kier molecular flexibility index (Phi) is 4.71. The summed E-state index contributed by atoms with van der Waals surface area (Å²) in [4.78, 5) is 16.5. The average molecular weight is 341 g/mol. The van der Waals surface area contributed by atoms with Gasteiger partial charge in [0.05, 0.1) is 18.8 Å². The molecular weight excluding hydrogens is 318 g/mol. The second kappa shape index (κ2) is 7.28.